The van der Waals surface area contributed by atoms with Gasteiger partial charge in [0.25, 0.3) is 0 Å². The van der Waals surface area contributed by atoms with Crippen molar-refractivity contribution >= 4 is 7.82 Å². The molecule has 7 heavy (non-hydrogen) atoms. The van der Waals surface area contributed by atoms with Gasteiger partial charge in [-0.1, -0.05) is 0 Å². The molecule has 1 radical (unpaired) electrons. The largest absolute Gasteiger partial charge is 0.466 e. The molecule has 0 unspecified atom stereocenters. The average molecular weight is 327 g/mol. The Labute approximate surface area is 99.6 Å². The standard InChI is InChI=1S/Ce.H3O4P.Y/c;1-5(2,3)4;/h;(H3,1,2,3,4);. The first kappa shape index (κ1) is 16.3. The van der Waals surface area contributed by atoms with Crippen molar-refractivity contribution in [2.75, 3.05) is 0 Å². The van der Waals surface area contributed by atoms with Gasteiger partial charge in [0, 0.05) is 74.5 Å². The molecule has 0 aromatic rings. The first-order chi connectivity index (χ1) is 2.00. The number of hydrogen-bond donors (Lipinski definition) is 3. The van der Waals surface area contributed by atoms with Crippen LogP contribution in [0, 0.1) is 41.7 Å². The number of hydrogen-bond acceptors (Lipinski definition) is 1. The van der Waals surface area contributed by atoms with Crippen LogP contribution in [-0.2, 0) is 37.3 Å². The first-order valence-corrected chi connectivity index (χ1v) is 2.35. The maximum Gasteiger partial charge on any atom is 0.466 e. The molecule has 0 saturated carbocycles. The minimum atomic E-state index is -4.64. The average Bonchev–Trinajstić information content (AvgIpc) is 0.722. The fourth-order valence-electron chi connectivity index (χ4n) is 0. The second-order valence-electron chi connectivity index (χ2n) is 0.513. The molecule has 7 heteroatoms. The summed E-state index contributed by atoms with van der Waals surface area (Å²) in [5, 5.41) is 0. The molecule has 0 aliphatic carbocycles. The summed E-state index contributed by atoms with van der Waals surface area (Å²) in [7, 11) is -4.64. The van der Waals surface area contributed by atoms with Gasteiger partial charge in [-0.15, -0.1) is 0 Å². The Morgan fingerprint density at radius 2 is 1.14 bits per heavy atom. The minimum absolute atomic E-state index is 0. The van der Waals surface area contributed by atoms with Crippen LogP contribution in [0.3, 0.4) is 0 Å². The van der Waals surface area contributed by atoms with Gasteiger partial charge in [0.15, 0.2) is 0 Å². The Bertz CT molecular complexity index is 57.8. The second kappa shape index (κ2) is 6.71. The van der Waals surface area contributed by atoms with Crippen LogP contribution in [0.1, 0.15) is 0 Å². The third-order valence-electron chi connectivity index (χ3n) is 0. The smallest absolute Gasteiger partial charge is 0.303 e. The predicted octanol–water partition coefficient (Wildman–Crippen LogP) is -0.931. The molecule has 0 aliphatic heterocycles. The van der Waals surface area contributed by atoms with E-state index in [4.69, 9.17) is 19.2 Å². The van der Waals surface area contributed by atoms with Gasteiger partial charge in [-0.3, -0.25) is 0 Å². The van der Waals surface area contributed by atoms with Gasteiger partial charge in [0.1, 0.15) is 0 Å². The molecule has 0 aromatic carbocycles. The van der Waals surface area contributed by atoms with E-state index in [2.05, 4.69) is 0 Å². The third kappa shape index (κ3) is 55.6. The van der Waals surface area contributed by atoms with Gasteiger partial charge >= 0.3 is 7.82 Å². The summed E-state index contributed by atoms with van der Waals surface area (Å²) in [6.07, 6.45) is 0. The van der Waals surface area contributed by atoms with Crippen LogP contribution in [0.5, 0.6) is 0 Å². The summed E-state index contributed by atoms with van der Waals surface area (Å²) in [4.78, 5) is 21.6. The van der Waals surface area contributed by atoms with Gasteiger partial charge in [-0.05, 0) is 0 Å². The van der Waals surface area contributed by atoms with E-state index in [1.807, 2.05) is 0 Å². The maximum absolute atomic E-state index is 8.88. The summed E-state index contributed by atoms with van der Waals surface area (Å²) in [6, 6.07) is 0. The van der Waals surface area contributed by atoms with Gasteiger partial charge in [0.05, 0.1) is 0 Å². The van der Waals surface area contributed by atoms with Gasteiger partial charge in [-0.25, -0.2) is 4.57 Å². The van der Waals surface area contributed by atoms with E-state index in [0.29, 0.717) is 0 Å². The van der Waals surface area contributed by atoms with Crippen LogP contribution in [0.25, 0.3) is 0 Å². The zero-order valence-electron chi connectivity index (χ0n) is 3.27. The van der Waals surface area contributed by atoms with Crippen LogP contribution >= 0.6 is 7.82 Å². The molecule has 0 atom stereocenters. The number of phosphoric acid groups is 1. The SMILES string of the molecule is O=P(O)(O)O.[Ce].[Y]. The van der Waals surface area contributed by atoms with E-state index >= 15 is 0 Å². The molecule has 3 N–H and O–H groups in total. The summed E-state index contributed by atoms with van der Waals surface area (Å²) in [5.74, 6) is 0. The van der Waals surface area contributed by atoms with Gasteiger partial charge in [0.2, 0.25) is 0 Å². The molecule has 0 fully saturated rings. The van der Waals surface area contributed by atoms with Crippen LogP contribution in [0.4, 0.5) is 0 Å². The van der Waals surface area contributed by atoms with Crippen molar-refractivity contribution in [2.24, 2.45) is 0 Å². The minimum Gasteiger partial charge on any atom is -0.303 e. The van der Waals surface area contributed by atoms with Crippen molar-refractivity contribution in [1.29, 1.82) is 0 Å². The molecular weight excluding hydrogens is 324 g/mol. The van der Waals surface area contributed by atoms with E-state index in [1.54, 1.807) is 0 Å². The predicted molar refractivity (Wildman–Crippen MR) is 14.3 cm³/mol. The molecule has 0 heterocycles. The van der Waals surface area contributed by atoms with E-state index in [-0.39, 0.29) is 74.5 Å². The topological polar surface area (TPSA) is 77.8 Å². The Balaban J connectivity index is -0.0000000800. The van der Waals surface area contributed by atoms with E-state index in [1.165, 1.54) is 0 Å². The van der Waals surface area contributed by atoms with Crippen LogP contribution in [0.2, 0.25) is 0 Å². The van der Waals surface area contributed by atoms with Crippen molar-refractivity contribution in [3.63, 3.8) is 0 Å². The number of rotatable bonds is 0. The van der Waals surface area contributed by atoms with Crippen LogP contribution < -0.4 is 0 Å². The fourth-order valence-corrected chi connectivity index (χ4v) is 0. The van der Waals surface area contributed by atoms with Crippen molar-refractivity contribution in [2.45, 2.75) is 0 Å². The Kier molecular flexibility index (Phi) is 15.6. The zero-order chi connectivity index (χ0) is 4.50. The second-order valence-corrected chi connectivity index (χ2v) is 1.54. The molecule has 0 aliphatic rings. The maximum atomic E-state index is 8.88. The van der Waals surface area contributed by atoms with Crippen LogP contribution in [-0.4, -0.2) is 14.7 Å². The zero-order valence-corrected chi connectivity index (χ0v) is 10.1. The van der Waals surface area contributed by atoms with E-state index < -0.39 is 7.82 Å². The van der Waals surface area contributed by atoms with Crippen molar-refractivity contribution in [3.8, 4) is 0 Å². The summed E-state index contributed by atoms with van der Waals surface area (Å²) >= 11 is 0. The third-order valence-corrected chi connectivity index (χ3v) is 0. The molecule has 0 rings (SSSR count). The van der Waals surface area contributed by atoms with E-state index in [0.717, 1.165) is 0 Å². The Hall–Kier alpha value is 2.59. The molecule has 4 nitrogen and oxygen atoms in total. The van der Waals surface area contributed by atoms with Crippen LogP contribution in [0.15, 0.2) is 0 Å². The van der Waals surface area contributed by atoms with Crippen molar-refractivity contribution < 1.29 is 93.7 Å². The Morgan fingerprint density at radius 1 is 1.14 bits per heavy atom. The molecule has 0 amide bonds. The Morgan fingerprint density at radius 3 is 1.14 bits per heavy atom. The van der Waals surface area contributed by atoms with Crippen molar-refractivity contribution in [1.82, 2.24) is 0 Å². The van der Waals surface area contributed by atoms with E-state index in [9.17, 15) is 0 Å². The van der Waals surface area contributed by atoms with Crippen molar-refractivity contribution in [3.05, 3.63) is 0 Å². The first-order valence-electron chi connectivity index (χ1n) is 0.783. The van der Waals surface area contributed by atoms with Gasteiger partial charge < -0.3 is 14.7 Å². The van der Waals surface area contributed by atoms with Gasteiger partial charge in [-0.2, -0.15) is 0 Å². The molecule has 39 valence electrons. The summed E-state index contributed by atoms with van der Waals surface area (Å²) < 4.78 is 8.88. The monoisotopic (exact) mass is 327 g/mol. The summed E-state index contributed by atoms with van der Waals surface area (Å²) in [5.41, 5.74) is 0. The fraction of sp³-hybridized carbons (Fsp3) is 0. The normalized spacial score (nSPS) is 8.43. The molecular formula is H3CeO4PY. The molecule has 0 spiro atoms. The molecule has 0 saturated heterocycles. The quantitative estimate of drug-likeness (QED) is 0.503. The molecule has 0 bridgehead atoms. The molecule has 0 aromatic heterocycles. The summed E-state index contributed by atoms with van der Waals surface area (Å²) in [6.45, 7) is 0.